The van der Waals surface area contributed by atoms with Crippen molar-refractivity contribution in [3.05, 3.63) is 69.7 Å². The third kappa shape index (κ3) is 3.92. The zero-order valence-corrected chi connectivity index (χ0v) is 17.5. The van der Waals surface area contributed by atoms with Crippen molar-refractivity contribution in [1.82, 2.24) is 19.3 Å². The number of hydrogen-bond acceptors (Lipinski definition) is 5. The van der Waals surface area contributed by atoms with Gasteiger partial charge in [-0.3, -0.25) is 0 Å². The van der Waals surface area contributed by atoms with Crippen LogP contribution in [0.3, 0.4) is 0 Å². The Morgan fingerprint density at radius 1 is 1.11 bits per heavy atom. The maximum Gasteiger partial charge on any atom is 0.242 e. The first-order valence-corrected chi connectivity index (χ1v) is 11.4. The number of halogens is 2. The number of nitrogens with one attached hydrogen (secondary N) is 1. The highest BCUT2D eigenvalue weighted by Crippen LogP contribution is 2.25. The van der Waals surface area contributed by atoms with Crippen molar-refractivity contribution in [1.29, 1.82) is 0 Å². The van der Waals surface area contributed by atoms with Gasteiger partial charge in [0.2, 0.25) is 15.0 Å². The van der Waals surface area contributed by atoms with E-state index < -0.39 is 10.0 Å². The molecule has 0 atom stereocenters. The molecule has 0 aliphatic carbocycles. The van der Waals surface area contributed by atoms with Crippen LogP contribution in [-0.4, -0.2) is 29.6 Å². The standard InChI is InChI=1S/C18H14Cl2N4O2S2/c19-13-6-7-15(20)16(10-13)28(25,26)21-9-8-14-11-27-18-22-17(23-24(14)18)12-4-2-1-3-5-12/h1-7,10-11,21H,8-9H2. The summed E-state index contributed by atoms with van der Waals surface area (Å²) in [6.45, 7) is 0.192. The van der Waals surface area contributed by atoms with Crippen molar-refractivity contribution in [3.63, 3.8) is 0 Å². The number of rotatable bonds is 6. The minimum Gasteiger partial charge on any atom is -0.211 e. The predicted octanol–water partition coefficient (Wildman–Crippen LogP) is 4.29. The molecule has 0 aliphatic heterocycles. The topological polar surface area (TPSA) is 76.4 Å². The zero-order valence-electron chi connectivity index (χ0n) is 14.3. The molecule has 1 N–H and O–H groups in total. The van der Waals surface area contributed by atoms with Gasteiger partial charge in [0.25, 0.3) is 0 Å². The molecule has 28 heavy (non-hydrogen) atoms. The molecule has 0 unspecified atom stereocenters. The van der Waals surface area contributed by atoms with E-state index in [9.17, 15) is 8.42 Å². The summed E-state index contributed by atoms with van der Waals surface area (Å²) in [6.07, 6.45) is 0.453. The first-order valence-electron chi connectivity index (χ1n) is 8.27. The SMILES string of the molecule is O=S(=O)(NCCc1csc2nc(-c3ccccc3)nn12)c1cc(Cl)ccc1Cl. The quantitative estimate of drug-likeness (QED) is 0.473. The number of sulfonamides is 1. The third-order valence-corrected chi connectivity index (χ3v) is 7.08. The van der Waals surface area contributed by atoms with Gasteiger partial charge in [-0.2, -0.15) is 4.98 Å². The molecule has 0 saturated heterocycles. The van der Waals surface area contributed by atoms with Crippen LogP contribution in [0.2, 0.25) is 10.0 Å². The average molecular weight is 453 g/mol. The summed E-state index contributed by atoms with van der Waals surface area (Å²) in [5, 5.41) is 6.89. The molecule has 2 aromatic heterocycles. The highest BCUT2D eigenvalue weighted by atomic mass is 35.5. The van der Waals surface area contributed by atoms with Crippen molar-refractivity contribution in [2.75, 3.05) is 6.54 Å². The molecule has 0 radical (unpaired) electrons. The van der Waals surface area contributed by atoms with Crippen LogP contribution in [0.4, 0.5) is 0 Å². The molecule has 0 amide bonds. The monoisotopic (exact) mass is 452 g/mol. The van der Waals surface area contributed by atoms with E-state index >= 15 is 0 Å². The molecule has 2 aromatic carbocycles. The molecular weight excluding hydrogens is 439 g/mol. The van der Waals surface area contributed by atoms with E-state index in [4.69, 9.17) is 23.2 Å². The molecular formula is C18H14Cl2N4O2S2. The lowest BCUT2D eigenvalue weighted by Gasteiger charge is -2.08. The van der Waals surface area contributed by atoms with Crippen LogP contribution in [-0.2, 0) is 16.4 Å². The molecule has 4 rings (SSSR count). The van der Waals surface area contributed by atoms with Crippen LogP contribution in [0.15, 0.2) is 58.8 Å². The van der Waals surface area contributed by atoms with Crippen LogP contribution < -0.4 is 4.72 Å². The predicted molar refractivity (Wildman–Crippen MR) is 112 cm³/mol. The highest BCUT2D eigenvalue weighted by molar-refractivity contribution is 7.89. The van der Waals surface area contributed by atoms with Crippen LogP contribution in [0.25, 0.3) is 16.3 Å². The molecule has 0 saturated carbocycles. The number of nitrogens with zero attached hydrogens (tertiary/aromatic N) is 3. The Balaban J connectivity index is 1.50. The molecule has 0 bridgehead atoms. The van der Waals surface area contributed by atoms with Crippen molar-refractivity contribution >= 4 is 49.5 Å². The summed E-state index contributed by atoms with van der Waals surface area (Å²) >= 11 is 13.3. The van der Waals surface area contributed by atoms with Crippen molar-refractivity contribution in [3.8, 4) is 11.4 Å². The molecule has 0 aliphatic rings. The smallest absolute Gasteiger partial charge is 0.211 e. The highest BCUT2D eigenvalue weighted by Gasteiger charge is 2.18. The van der Waals surface area contributed by atoms with Gasteiger partial charge in [-0.05, 0) is 18.2 Å². The minimum atomic E-state index is -3.77. The summed E-state index contributed by atoms with van der Waals surface area (Å²) in [7, 11) is -3.77. The number of fused-ring (bicyclic) bond motifs is 1. The number of thiazole rings is 1. The van der Waals surface area contributed by atoms with E-state index in [1.54, 1.807) is 10.6 Å². The normalized spacial score (nSPS) is 11.9. The Kier molecular flexibility index (Phi) is 5.39. The fraction of sp³-hybridized carbons (Fsp3) is 0.111. The third-order valence-electron chi connectivity index (χ3n) is 4.04. The number of aromatic nitrogens is 3. The van der Waals surface area contributed by atoms with Gasteiger partial charge >= 0.3 is 0 Å². The molecule has 2 heterocycles. The second-order valence-corrected chi connectivity index (χ2v) is 9.36. The van der Waals surface area contributed by atoms with Crippen LogP contribution in [0, 0.1) is 0 Å². The Morgan fingerprint density at radius 2 is 1.89 bits per heavy atom. The van der Waals surface area contributed by atoms with Crippen molar-refractivity contribution in [2.24, 2.45) is 0 Å². The fourth-order valence-electron chi connectivity index (χ4n) is 2.68. The van der Waals surface area contributed by atoms with Gasteiger partial charge in [0, 0.05) is 28.9 Å². The van der Waals surface area contributed by atoms with Gasteiger partial charge in [-0.25, -0.2) is 17.7 Å². The van der Waals surface area contributed by atoms with Gasteiger partial charge in [-0.1, -0.05) is 53.5 Å². The maximum absolute atomic E-state index is 12.5. The molecule has 4 aromatic rings. The average Bonchev–Trinajstić information content (AvgIpc) is 3.26. The summed E-state index contributed by atoms with van der Waals surface area (Å²) in [6, 6.07) is 14.0. The Bertz CT molecular complexity index is 1240. The van der Waals surface area contributed by atoms with E-state index in [0.717, 1.165) is 16.2 Å². The first-order chi connectivity index (χ1) is 13.4. The molecule has 6 nitrogen and oxygen atoms in total. The second kappa shape index (κ2) is 7.81. The van der Waals surface area contributed by atoms with E-state index in [2.05, 4.69) is 14.8 Å². The Morgan fingerprint density at radius 3 is 2.68 bits per heavy atom. The van der Waals surface area contributed by atoms with E-state index in [0.29, 0.717) is 17.3 Å². The molecule has 10 heteroatoms. The van der Waals surface area contributed by atoms with Crippen molar-refractivity contribution < 1.29 is 8.42 Å². The number of benzene rings is 2. The Hall–Kier alpha value is -1.97. The van der Waals surface area contributed by atoms with Crippen LogP contribution in [0.5, 0.6) is 0 Å². The largest absolute Gasteiger partial charge is 0.242 e. The van der Waals surface area contributed by atoms with Gasteiger partial charge in [-0.15, -0.1) is 16.4 Å². The lowest BCUT2D eigenvalue weighted by Crippen LogP contribution is -2.26. The first kappa shape index (κ1) is 19.4. The molecule has 0 spiro atoms. The van der Waals surface area contributed by atoms with Crippen LogP contribution in [0.1, 0.15) is 5.69 Å². The Labute approximate surface area is 175 Å². The maximum atomic E-state index is 12.5. The van der Waals surface area contributed by atoms with Gasteiger partial charge < -0.3 is 0 Å². The molecule has 0 fully saturated rings. The summed E-state index contributed by atoms with van der Waals surface area (Å²) < 4.78 is 29.3. The lowest BCUT2D eigenvalue weighted by molar-refractivity contribution is 0.581. The second-order valence-electron chi connectivity index (χ2n) is 5.95. The van der Waals surface area contributed by atoms with E-state index in [1.165, 1.54) is 23.5 Å². The zero-order chi connectivity index (χ0) is 19.7. The summed E-state index contributed by atoms with van der Waals surface area (Å²) in [5.41, 5.74) is 1.80. The van der Waals surface area contributed by atoms with E-state index in [-0.39, 0.29) is 16.5 Å². The van der Waals surface area contributed by atoms with Gasteiger partial charge in [0.05, 0.1) is 10.7 Å². The van der Waals surface area contributed by atoms with E-state index in [1.807, 2.05) is 35.7 Å². The molecule has 144 valence electrons. The summed E-state index contributed by atoms with van der Waals surface area (Å²) in [5.74, 6) is 0.639. The van der Waals surface area contributed by atoms with Gasteiger partial charge in [0.15, 0.2) is 5.82 Å². The number of hydrogen-bond donors (Lipinski definition) is 1. The van der Waals surface area contributed by atoms with Crippen LogP contribution >= 0.6 is 34.5 Å². The lowest BCUT2D eigenvalue weighted by atomic mass is 10.2. The van der Waals surface area contributed by atoms with Crippen molar-refractivity contribution in [2.45, 2.75) is 11.3 Å². The fourth-order valence-corrected chi connectivity index (χ4v) is 5.33. The van der Waals surface area contributed by atoms with Gasteiger partial charge in [0.1, 0.15) is 4.90 Å². The minimum absolute atomic E-state index is 0.0377. The summed E-state index contributed by atoms with van der Waals surface area (Å²) in [4.78, 5) is 5.25.